The molecule has 0 radical (unpaired) electrons. The Labute approximate surface area is 91.7 Å². The number of nitrogens with zero attached hydrogens (tertiary/aromatic N) is 1. The van der Waals surface area contributed by atoms with Crippen molar-refractivity contribution < 1.29 is 8.91 Å². The molecule has 0 saturated carbocycles. The van der Waals surface area contributed by atoms with E-state index in [4.69, 9.17) is 16.1 Å². The smallest absolute Gasteiger partial charge is 0.152 e. The molecule has 0 N–H and O–H groups in total. The van der Waals surface area contributed by atoms with Crippen LogP contribution in [0.5, 0.6) is 0 Å². The van der Waals surface area contributed by atoms with Crippen LogP contribution in [-0.2, 0) is 5.88 Å². The summed E-state index contributed by atoms with van der Waals surface area (Å²) >= 11 is 5.59. The van der Waals surface area contributed by atoms with Gasteiger partial charge in [0, 0.05) is 11.6 Å². The fourth-order valence-corrected chi connectivity index (χ4v) is 1.51. The van der Waals surface area contributed by atoms with Crippen LogP contribution in [0.1, 0.15) is 11.3 Å². The highest BCUT2D eigenvalue weighted by Gasteiger charge is 2.10. The van der Waals surface area contributed by atoms with Crippen molar-refractivity contribution in [2.75, 3.05) is 0 Å². The fraction of sp³-hybridized carbons (Fsp3) is 0.182. The van der Waals surface area contributed by atoms with E-state index in [1.807, 2.05) is 0 Å². The molecule has 0 saturated heterocycles. The van der Waals surface area contributed by atoms with E-state index < -0.39 is 0 Å². The lowest BCUT2D eigenvalue weighted by molar-refractivity contribution is 0.396. The molecule has 0 spiro atoms. The Morgan fingerprint density at radius 1 is 1.47 bits per heavy atom. The van der Waals surface area contributed by atoms with Gasteiger partial charge in [0.2, 0.25) is 0 Å². The molecule has 1 heterocycles. The Balaban J connectivity index is 2.49. The Morgan fingerprint density at radius 2 is 2.27 bits per heavy atom. The molecular formula is C11H9ClFNO. The van der Waals surface area contributed by atoms with Crippen molar-refractivity contribution in [3.63, 3.8) is 0 Å². The van der Waals surface area contributed by atoms with Crippen molar-refractivity contribution in [1.82, 2.24) is 5.16 Å². The maximum atomic E-state index is 13.3. The molecule has 0 bridgehead atoms. The van der Waals surface area contributed by atoms with Gasteiger partial charge in [-0.1, -0.05) is 17.3 Å². The summed E-state index contributed by atoms with van der Waals surface area (Å²) in [5.41, 5.74) is 1.91. The predicted molar refractivity (Wildman–Crippen MR) is 56.2 cm³/mol. The molecule has 0 aliphatic carbocycles. The van der Waals surface area contributed by atoms with Crippen LogP contribution >= 0.6 is 11.6 Å². The molecule has 0 atom stereocenters. The van der Waals surface area contributed by atoms with Crippen LogP contribution in [-0.4, -0.2) is 5.16 Å². The molecular weight excluding hydrogens is 217 g/mol. The van der Waals surface area contributed by atoms with Gasteiger partial charge in [-0.05, 0) is 18.6 Å². The van der Waals surface area contributed by atoms with E-state index in [9.17, 15) is 4.39 Å². The normalized spacial score (nSPS) is 10.6. The minimum Gasteiger partial charge on any atom is -0.359 e. The second-order valence-electron chi connectivity index (χ2n) is 3.22. The largest absolute Gasteiger partial charge is 0.359 e. The topological polar surface area (TPSA) is 26.0 Å². The van der Waals surface area contributed by atoms with Crippen LogP contribution in [0.2, 0.25) is 0 Å². The molecule has 0 amide bonds. The molecule has 2 aromatic rings. The van der Waals surface area contributed by atoms with Crippen LogP contribution < -0.4 is 0 Å². The van der Waals surface area contributed by atoms with Gasteiger partial charge >= 0.3 is 0 Å². The van der Waals surface area contributed by atoms with Gasteiger partial charge in [-0.25, -0.2) is 4.39 Å². The highest BCUT2D eigenvalue weighted by molar-refractivity contribution is 6.16. The van der Waals surface area contributed by atoms with E-state index in [-0.39, 0.29) is 11.7 Å². The van der Waals surface area contributed by atoms with Gasteiger partial charge in [-0.15, -0.1) is 11.6 Å². The number of aromatic nitrogens is 1. The molecule has 2 nitrogen and oxygen atoms in total. The zero-order valence-corrected chi connectivity index (χ0v) is 8.88. The minimum absolute atomic E-state index is 0.247. The van der Waals surface area contributed by atoms with Crippen molar-refractivity contribution in [2.24, 2.45) is 0 Å². The van der Waals surface area contributed by atoms with Gasteiger partial charge < -0.3 is 4.52 Å². The fourth-order valence-electron chi connectivity index (χ4n) is 1.39. The van der Waals surface area contributed by atoms with E-state index in [0.29, 0.717) is 17.0 Å². The van der Waals surface area contributed by atoms with E-state index in [1.54, 1.807) is 25.1 Å². The van der Waals surface area contributed by atoms with Crippen molar-refractivity contribution >= 4 is 11.6 Å². The zero-order chi connectivity index (χ0) is 10.8. The lowest BCUT2D eigenvalue weighted by atomic mass is 10.1. The number of rotatable bonds is 2. The molecule has 1 aromatic heterocycles. The van der Waals surface area contributed by atoms with Gasteiger partial charge in [0.1, 0.15) is 11.5 Å². The highest BCUT2D eigenvalue weighted by atomic mass is 35.5. The third kappa shape index (κ3) is 1.88. The van der Waals surface area contributed by atoms with E-state index in [1.165, 1.54) is 6.07 Å². The molecule has 0 fully saturated rings. The molecule has 2 rings (SSSR count). The average Bonchev–Trinajstić information content (AvgIpc) is 2.70. The summed E-state index contributed by atoms with van der Waals surface area (Å²) in [4.78, 5) is 0. The van der Waals surface area contributed by atoms with Crippen LogP contribution in [0, 0.1) is 12.7 Å². The van der Waals surface area contributed by atoms with Crippen LogP contribution in [0.4, 0.5) is 4.39 Å². The number of hydrogen-bond acceptors (Lipinski definition) is 2. The highest BCUT2D eigenvalue weighted by Crippen LogP contribution is 2.24. The van der Waals surface area contributed by atoms with E-state index in [2.05, 4.69) is 5.16 Å². The summed E-state index contributed by atoms with van der Waals surface area (Å²) in [5, 5.41) is 3.83. The summed E-state index contributed by atoms with van der Waals surface area (Å²) in [7, 11) is 0. The molecule has 78 valence electrons. The summed E-state index contributed by atoms with van der Waals surface area (Å²) in [5.74, 6) is 0.597. The monoisotopic (exact) mass is 225 g/mol. The average molecular weight is 226 g/mol. The number of halogens is 2. The molecule has 0 unspecified atom stereocenters. The van der Waals surface area contributed by atoms with Gasteiger partial charge in [0.15, 0.2) is 5.76 Å². The van der Waals surface area contributed by atoms with Crippen LogP contribution in [0.25, 0.3) is 11.3 Å². The van der Waals surface area contributed by atoms with Gasteiger partial charge in [0.05, 0.1) is 5.88 Å². The SMILES string of the molecule is Cc1c(F)cccc1-c1cc(CCl)on1. The number of hydrogen-bond donors (Lipinski definition) is 0. The first-order chi connectivity index (χ1) is 7.22. The second kappa shape index (κ2) is 4.03. The van der Waals surface area contributed by atoms with Crippen LogP contribution in [0.15, 0.2) is 28.8 Å². The van der Waals surface area contributed by atoms with Gasteiger partial charge in [-0.2, -0.15) is 0 Å². The second-order valence-corrected chi connectivity index (χ2v) is 3.49. The Kier molecular flexibility index (Phi) is 2.73. The standard InChI is InChI=1S/C11H9ClFNO/c1-7-9(3-2-4-10(7)13)11-5-8(6-12)15-14-11/h2-5H,6H2,1H3. The summed E-state index contributed by atoms with van der Waals surface area (Å²) in [6.07, 6.45) is 0. The Morgan fingerprint density at radius 3 is 2.93 bits per heavy atom. The van der Waals surface area contributed by atoms with Crippen molar-refractivity contribution in [2.45, 2.75) is 12.8 Å². The van der Waals surface area contributed by atoms with Crippen molar-refractivity contribution in [3.8, 4) is 11.3 Å². The third-order valence-electron chi connectivity index (χ3n) is 2.23. The van der Waals surface area contributed by atoms with E-state index in [0.717, 1.165) is 5.56 Å². The Bertz CT molecular complexity index is 481. The first-order valence-electron chi connectivity index (χ1n) is 4.49. The van der Waals surface area contributed by atoms with Gasteiger partial charge in [-0.3, -0.25) is 0 Å². The number of alkyl halides is 1. The maximum absolute atomic E-state index is 13.3. The maximum Gasteiger partial charge on any atom is 0.152 e. The molecule has 0 aliphatic rings. The third-order valence-corrected chi connectivity index (χ3v) is 2.50. The molecule has 4 heteroatoms. The van der Waals surface area contributed by atoms with E-state index >= 15 is 0 Å². The minimum atomic E-state index is -0.247. The lowest BCUT2D eigenvalue weighted by Crippen LogP contribution is -1.87. The molecule has 0 aliphatic heterocycles. The predicted octanol–water partition coefficient (Wildman–Crippen LogP) is 3.53. The summed E-state index contributed by atoms with van der Waals surface area (Å²) in [6, 6.07) is 6.58. The first-order valence-corrected chi connectivity index (χ1v) is 5.03. The molecule has 15 heavy (non-hydrogen) atoms. The zero-order valence-electron chi connectivity index (χ0n) is 8.13. The quantitative estimate of drug-likeness (QED) is 0.731. The lowest BCUT2D eigenvalue weighted by Gasteiger charge is -2.01. The van der Waals surface area contributed by atoms with Crippen LogP contribution in [0.3, 0.4) is 0 Å². The Hall–Kier alpha value is -1.35. The summed E-state index contributed by atoms with van der Waals surface area (Å²) in [6.45, 7) is 1.71. The summed E-state index contributed by atoms with van der Waals surface area (Å²) < 4.78 is 18.2. The molecule has 1 aromatic carbocycles. The van der Waals surface area contributed by atoms with Crippen molar-refractivity contribution in [1.29, 1.82) is 0 Å². The van der Waals surface area contributed by atoms with Gasteiger partial charge in [0.25, 0.3) is 0 Å². The number of benzene rings is 1. The van der Waals surface area contributed by atoms with Crippen molar-refractivity contribution in [3.05, 3.63) is 41.4 Å². The first kappa shape index (κ1) is 10.2.